The fraction of sp³-hybridized carbons (Fsp3) is 0.154. The molecule has 2 nitrogen and oxygen atoms in total. The monoisotopic (exact) mass is 394 g/mol. The van der Waals surface area contributed by atoms with Crippen LogP contribution >= 0.6 is 11.3 Å². The molecule has 142 valence electrons. The zero-order valence-electron chi connectivity index (χ0n) is 16.8. The molecule has 0 bridgehead atoms. The van der Waals surface area contributed by atoms with E-state index in [2.05, 4.69) is 93.6 Å². The summed E-state index contributed by atoms with van der Waals surface area (Å²) in [6.07, 6.45) is 0. The van der Waals surface area contributed by atoms with Crippen LogP contribution in [0, 0.1) is 0 Å². The lowest BCUT2D eigenvalue weighted by atomic mass is 9.91. The quantitative estimate of drug-likeness (QED) is 0.310. The maximum absolute atomic E-state index is 5.04. The first kappa shape index (κ1) is 18.0. The average Bonchev–Trinajstić information content (AvgIpc) is 3.12. The minimum Gasteiger partial charge on any atom is -0.231 e. The van der Waals surface area contributed by atoms with Crippen molar-refractivity contribution in [2.45, 2.75) is 26.2 Å². The minimum atomic E-state index is -0.0548. The molecule has 2 heterocycles. The summed E-state index contributed by atoms with van der Waals surface area (Å²) in [5.74, 6) is 0.797. The largest absolute Gasteiger partial charge is 0.231 e. The van der Waals surface area contributed by atoms with Crippen LogP contribution in [0.25, 0.3) is 42.8 Å². The van der Waals surface area contributed by atoms with Crippen molar-refractivity contribution in [2.75, 3.05) is 0 Å². The van der Waals surface area contributed by atoms with Crippen molar-refractivity contribution in [1.82, 2.24) is 9.97 Å². The Bertz CT molecular complexity index is 1310. The van der Waals surface area contributed by atoms with Gasteiger partial charge in [-0.3, -0.25) is 0 Å². The summed E-state index contributed by atoms with van der Waals surface area (Å²) in [5.41, 5.74) is 5.59. The Morgan fingerprint density at radius 2 is 1.28 bits per heavy atom. The van der Waals surface area contributed by atoms with E-state index in [1.165, 1.54) is 25.9 Å². The molecule has 5 aromatic rings. The molecule has 3 aromatic carbocycles. The Labute approximate surface area is 174 Å². The van der Waals surface area contributed by atoms with Crippen LogP contribution in [-0.2, 0) is 5.41 Å². The van der Waals surface area contributed by atoms with Crippen LogP contribution < -0.4 is 0 Å². The van der Waals surface area contributed by atoms with E-state index in [4.69, 9.17) is 9.97 Å². The number of nitrogens with zero attached hydrogens (tertiary/aromatic N) is 2. The molecule has 0 saturated heterocycles. The van der Waals surface area contributed by atoms with Gasteiger partial charge in [0.05, 0.1) is 15.9 Å². The van der Waals surface area contributed by atoms with Gasteiger partial charge < -0.3 is 0 Å². The lowest BCUT2D eigenvalue weighted by Crippen LogP contribution is -2.14. The van der Waals surface area contributed by atoms with E-state index in [1.54, 1.807) is 11.3 Å². The van der Waals surface area contributed by atoms with Crippen LogP contribution in [0.5, 0.6) is 0 Å². The molecule has 0 saturated carbocycles. The smallest absolute Gasteiger partial charge is 0.160 e. The Morgan fingerprint density at radius 1 is 0.655 bits per heavy atom. The summed E-state index contributed by atoms with van der Waals surface area (Å²) in [5, 5.41) is 1.21. The lowest BCUT2D eigenvalue weighted by molar-refractivity contribution is 0.576. The molecule has 0 radical (unpaired) electrons. The van der Waals surface area contributed by atoms with Gasteiger partial charge in [-0.1, -0.05) is 93.6 Å². The summed E-state index contributed by atoms with van der Waals surface area (Å²) < 4.78 is 2.46. The highest BCUT2D eigenvalue weighted by Gasteiger charge is 2.23. The predicted molar refractivity (Wildman–Crippen MR) is 124 cm³/mol. The number of rotatable bonds is 2. The first-order chi connectivity index (χ1) is 14.0. The van der Waals surface area contributed by atoms with E-state index in [0.717, 1.165) is 22.6 Å². The Balaban J connectivity index is 1.70. The fourth-order valence-electron chi connectivity index (χ4n) is 3.67. The van der Waals surface area contributed by atoms with Crippen LogP contribution in [0.15, 0.2) is 78.9 Å². The predicted octanol–water partition coefficient (Wildman–Crippen LogP) is 7.48. The molecule has 0 amide bonds. The van der Waals surface area contributed by atoms with Crippen molar-refractivity contribution >= 4 is 31.6 Å². The standard InChI is InChI=1S/C26H22N2S/c1-26(2,3)24-23-22(20-11-7-8-12-21(20)29-23)27-25(28-24)19-15-13-18(14-16-19)17-9-5-4-6-10-17/h4-16H,1-3H3. The fourth-order valence-corrected chi connectivity index (χ4v) is 5.01. The average molecular weight is 395 g/mol. The topological polar surface area (TPSA) is 25.8 Å². The number of thiophene rings is 1. The Morgan fingerprint density at radius 3 is 2.00 bits per heavy atom. The van der Waals surface area contributed by atoms with Crippen LogP contribution in [0.1, 0.15) is 26.5 Å². The maximum Gasteiger partial charge on any atom is 0.160 e. The van der Waals surface area contributed by atoms with Crippen LogP contribution in [0.2, 0.25) is 0 Å². The molecule has 0 spiro atoms. The third-order valence-electron chi connectivity index (χ3n) is 5.18. The number of hydrogen-bond donors (Lipinski definition) is 0. The summed E-state index contributed by atoms with van der Waals surface area (Å²) in [7, 11) is 0. The zero-order valence-corrected chi connectivity index (χ0v) is 17.6. The lowest BCUT2D eigenvalue weighted by Gasteiger charge is -2.19. The number of benzene rings is 3. The van der Waals surface area contributed by atoms with Crippen molar-refractivity contribution in [1.29, 1.82) is 0 Å². The second-order valence-corrected chi connectivity index (χ2v) is 9.42. The zero-order chi connectivity index (χ0) is 20.0. The molecule has 0 aliphatic carbocycles. The summed E-state index contributed by atoms with van der Waals surface area (Å²) in [4.78, 5) is 10.0. The van der Waals surface area contributed by atoms with Crippen molar-refractivity contribution in [3.63, 3.8) is 0 Å². The van der Waals surface area contributed by atoms with Gasteiger partial charge in [0.15, 0.2) is 5.82 Å². The molecular formula is C26H22N2S. The van der Waals surface area contributed by atoms with Gasteiger partial charge in [-0.05, 0) is 17.2 Å². The van der Waals surface area contributed by atoms with Gasteiger partial charge in [-0.2, -0.15) is 0 Å². The third-order valence-corrected chi connectivity index (χ3v) is 6.35. The van der Waals surface area contributed by atoms with E-state index in [-0.39, 0.29) is 5.41 Å². The molecule has 0 fully saturated rings. The minimum absolute atomic E-state index is 0.0548. The summed E-state index contributed by atoms with van der Waals surface area (Å²) in [6, 6.07) is 27.5. The van der Waals surface area contributed by atoms with Gasteiger partial charge >= 0.3 is 0 Å². The Kier molecular flexibility index (Phi) is 4.21. The highest BCUT2D eigenvalue weighted by Crippen LogP contribution is 2.39. The first-order valence-electron chi connectivity index (χ1n) is 9.86. The number of hydrogen-bond acceptors (Lipinski definition) is 3. The Hall–Kier alpha value is -3.04. The highest BCUT2D eigenvalue weighted by molar-refractivity contribution is 7.25. The maximum atomic E-state index is 5.04. The van der Waals surface area contributed by atoms with Crippen LogP contribution in [-0.4, -0.2) is 9.97 Å². The number of aromatic nitrogens is 2. The van der Waals surface area contributed by atoms with Gasteiger partial charge in [0.1, 0.15) is 0 Å². The van der Waals surface area contributed by atoms with Crippen molar-refractivity contribution < 1.29 is 0 Å². The van der Waals surface area contributed by atoms with Gasteiger partial charge in [0.25, 0.3) is 0 Å². The molecule has 0 atom stereocenters. The van der Waals surface area contributed by atoms with Crippen molar-refractivity contribution in [3.8, 4) is 22.5 Å². The van der Waals surface area contributed by atoms with Gasteiger partial charge in [-0.15, -0.1) is 11.3 Å². The second kappa shape index (κ2) is 6.78. The molecular weight excluding hydrogens is 372 g/mol. The molecule has 0 unspecified atom stereocenters. The molecule has 0 aliphatic heterocycles. The normalized spacial score (nSPS) is 12.0. The van der Waals surface area contributed by atoms with Crippen molar-refractivity contribution in [3.05, 3.63) is 84.6 Å². The third kappa shape index (κ3) is 3.22. The molecule has 2 aromatic heterocycles. The highest BCUT2D eigenvalue weighted by atomic mass is 32.1. The molecule has 3 heteroatoms. The first-order valence-corrected chi connectivity index (χ1v) is 10.7. The number of fused-ring (bicyclic) bond motifs is 3. The van der Waals surface area contributed by atoms with E-state index in [1.807, 2.05) is 6.07 Å². The molecule has 29 heavy (non-hydrogen) atoms. The van der Waals surface area contributed by atoms with Crippen molar-refractivity contribution in [2.24, 2.45) is 0 Å². The van der Waals surface area contributed by atoms with Gasteiger partial charge in [-0.25, -0.2) is 9.97 Å². The molecule has 0 N–H and O–H groups in total. The summed E-state index contributed by atoms with van der Waals surface area (Å²) >= 11 is 1.79. The van der Waals surface area contributed by atoms with Crippen LogP contribution in [0.3, 0.4) is 0 Å². The van der Waals surface area contributed by atoms with Gasteiger partial charge in [0, 0.05) is 21.1 Å². The molecule has 0 aliphatic rings. The SMILES string of the molecule is CC(C)(C)c1nc(-c2ccc(-c3ccccc3)cc2)nc2c1sc1ccccc12. The van der Waals surface area contributed by atoms with Gasteiger partial charge in [0.2, 0.25) is 0 Å². The molecule has 5 rings (SSSR count). The van der Waals surface area contributed by atoms with Crippen LogP contribution in [0.4, 0.5) is 0 Å². The van der Waals surface area contributed by atoms with E-state index in [9.17, 15) is 0 Å². The van der Waals surface area contributed by atoms with E-state index in [0.29, 0.717) is 0 Å². The van der Waals surface area contributed by atoms with E-state index < -0.39 is 0 Å². The second-order valence-electron chi connectivity index (χ2n) is 8.37. The summed E-state index contributed by atoms with van der Waals surface area (Å²) in [6.45, 7) is 6.67. The van der Waals surface area contributed by atoms with E-state index >= 15 is 0 Å².